The lowest BCUT2D eigenvalue weighted by Crippen LogP contribution is -2.46. The number of carbonyl (C=O) groups is 1. The summed E-state index contributed by atoms with van der Waals surface area (Å²) in [6.45, 7) is 5.38. The summed E-state index contributed by atoms with van der Waals surface area (Å²) >= 11 is 1.61. The van der Waals surface area contributed by atoms with Crippen LogP contribution in [-0.2, 0) is 11.3 Å². The molecular weight excluding hydrogens is 364 g/mol. The average Bonchev–Trinajstić information content (AvgIpc) is 3.24. The first-order valence-corrected chi connectivity index (χ1v) is 9.13. The van der Waals surface area contributed by atoms with E-state index in [9.17, 15) is 4.79 Å². The fraction of sp³-hybridized carbons (Fsp3) is 0.562. The van der Waals surface area contributed by atoms with Crippen molar-refractivity contribution in [2.24, 2.45) is 0 Å². The summed E-state index contributed by atoms with van der Waals surface area (Å²) < 4.78 is 5.35. The van der Waals surface area contributed by atoms with Crippen molar-refractivity contribution < 1.29 is 14.4 Å². The number of piperidine rings is 1. The molecule has 1 N–H and O–H groups in total. The smallest absolute Gasteiger partial charge is 0.317 e. The highest BCUT2D eigenvalue weighted by atomic mass is 35.5. The van der Waals surface area contributed by atoms with Gasteiger partial charge in [-0.15, -0.1) is 12.4 Å². The lowest BCUT2D eigenvalue weighted by molar-refractivity contribution is -0.139. The minimum absolute atomic E-state index is 0. The Balaban J connectivity index is 0.00000225. The normalized spacial score (nSPS) is 16.1. The van der Waals surface area contributed by atoms with Crippen LogP contribution in [0.2, 0.25) is 0 Å². The second-order valence-corrected chi connectivity index (χ2v) is 6.77. The molecule has 1 fully saturated rings. The van der Waals surface area contributed by atoms with Crippen LogP contribution in [0.4, 0.5) is 0 Å². The molecular formula is C16H23ClN4O3S. The Morgan fingerprint density at radius 3 is 2.84 bits per heavy atom. The zero-order valence-corrected chi connectivity index (χ0v) is 15.8. The van der Waals surface area contributed by atoms with E-state index in [1.54, 1.807) is 11.3 Å². The highest BCUT2D eigenvalue weighted by Gasteiger charge is 2.26. The van der Waals surface area contributed by atoms with Gasteiger partial charge in [-0.25, -0.2) is 0 Å². The van der Waals surface area contributed by atoms with Crippen molar-refractivity contribution in [1.29, 1.82) is 0 Å². The number of likely N-dealkylation sites (tertiary alicyclic amines) is 1. The molecule has 0 saturated carbocycles. The van der Waals surface area contributed by atoms with Gasteiger partial charge in [-0.3, -0.25) is 14.6 Å². The third kappa shape index (κ3) is 5.24. The Hall–Kier alpha value is -1.48. The van der Waals surface area contributed by atoms with Crippen molar-refractivity contribution in [1.82, 2.24) is 19.9 Å². The van der Waals surface area contributed by atoms with E-state index < -0.39 is 5.97 Å². The zero-order valence-electron chi connectivity index (χ0n) is 14.1. The van der Waals surface area contributed by atoms with Crippen LogP contribution in [0, 0.1) is 0 Å². The molecule has 0 spiro atoms. The van der Waals surface area contributed by atoms with Crippen LogP contribution in [0.25, 0.3) is 11.4 Å². The number of rotatable bonds is 7. The summed E-state index contributed by atoms with van der Waals surface area (Å²) in [7, 11) is 0. The Bertz CT molecular complexity index is 656. The topological polar surface area (TPSA) is 82.7 Å². The highest BCUT2D eigenvalue weighted by molar-refractivity contribution is 7.08. The Labute approximate surface area is 157 Å². The molecule has 1 aliphatic heterocycles. The van der Waals surface area contributed by atoms with Gasteiger partial charge in [0, 0.05) is 30.1 Å². The number of hydrogen-bond donors (Lipinski definition) is 1. The number of nitrogens with zero attached hydrogens (tertiary/aromatic N) is 4. The van der Waals surface area contributed by atoms with E-state index in [1.807, 2.05) is 28.7 Å². The second-order valence-electron chi connectivity index (χ2n) is 5.99. The third-order valence-corrected chi connectivity index (χ3v) is 5.11. The molecule has 0 aromatic carbocycles. The van der Waals surface area contributed by atoms with Crippen LogP contribution in [0.1, 0.15) is 25.7 Å². The molecule has 2 aromatic rings. The first kappa shape index (κ1) is 19.8. The molecule has 0 aliphatic carbocycles. The molecule has 0 unspecified atom stereocenters. The molecule has 0 amide bonds. The first-order valence-electron chi connectivity index (χ1n) is 8.19. The van der Waals surface area contributed by atoms with Crippen LogP contribution >= 0.6 is 23.7 Å². The summed E-state index contributed by atoms with van der Waals surface area (Å²) in [5.74, 6) is 0.512. The molecule has 138 valence electrons. The lowest BCUT2D eigenvalue weighted by Gasteiger charge is -2.36. The van der Waals surface area contributed by atoms with Crippen molar-refractivity contribution in [3.05, 3.63) is 22.7 Å². The molecule has 1 aliphatic rings. The van der Waals surface area contributed by atoms with Gasteiger partial charge in [-0.05, 0) is 30.8 Å². The standard InChI is InChI=1S/C16H22N4O3S.ClH/c1-2-20(10-15(21)22)13-3-6-19(7-4-13)9-14-17-16(18-23-14)12-5-8-24-11-12;/h5,8,11,13H,2-4,6-7,9-10H2,1H3,(H,21,22);1H. The lowest BCUT2D eigenvalue weighted by atomic mass is 10.0. The van der Waals surface area contributed by atoms with E-state index in [-0.39, 0.29) is 19.0 Å². The van der Waals surface area contributed by atoms with Crippen LogP contribution < -0.4 is 0 Å². The monoisotopic (exact) mass is 386 g/mol. The molecule has 0 radical (unpaired) electrons. The van der Waals surface area contributed by atoms with Crippen molar-refractivity contribution in [2.45, 2.75) is 32.4 Å². The maximum atomic E-state index is 10.9. The maximum Gasteiger partial charge on any atom is 0.317 e. The summed E-state index contributed by atoms with van der Waals surface area (Å²) in [6.07, 6.45) is 1.93. The largest absolute Gasteiger partial charge is 0.480 e. The van der Waals surface area contributed by atoms with Gasteiger partial charge in [0.15, 0.2) is 0 Å². The van der Waals surface area contributed by atoms with Gasteiger partial charge in [-0.1, -0.05) is 12.1 Å². The van der Waals surface area contributed by atoms with Gasteiger partial charge in [0.2, 0.25) is 11.7 Å². The molecule has 0 atom stereocenters. The number of likely N-dealkylation sites (N-methyl/N-ethyl adjacent to an activating group) is 1. The van der Waals surface area contributed by atoms with Crippen LogP contribution in [0.15, 0.2) is 21.3 Å². The summed E-state index contributed by atoms with van der Waals surface area (Å²) in [5.41, 5.74) is 0.987. The number of thiophene rings is 1. The zero-order chi connectivity index (χ0) is 16.9. The number of carboxylic acids is 1. The third-order valence-electron chi connectivity index (χ3n) is 4.42. The van der Waals surface area contributed by atoms with Gasteiger partial charge in [0.25, 0.3) is 0 Å². The van der Waals surface area contributed by atoms with E-state index in [1.165, 1.54) is 0 Å². The van der Waals surface area contributed by atoms with Gasteiger partial charge < -0.3 is 9.63 Å². The molecule has 3 heterocycles. The number of halogens is 1. The van der Waals surface area contributed by atoms with Crippen LogP contribution in [0.3, 0.4) is 0 Å². The fourth-order valence-electron chi connectivity index (χ4n) is 3.13. The average molecular weight is 387 g/mol. The van der Waals surface area contributed by atoms with E-state index in [0.29, 0.717) is 24.3 Å². The molecule has 3 rings (SSSR count). The Morgan fingerprint density at radius 2 is 2.24 bits per heavy atom. The fourth-order valence-corrected chi connectivity index (χ4v) is 3.77. The molecule has 1 saturated heterocycles. The summed E-state index contributed by atoms with van der Waals surface area (Å²) in [4.78, 5) is 19.7. The predicted molar refractivity (Wildman–Crippen MR) is 98.0 cm³/mol. The molecule has 2 aromatic heterocycles. The predicted octanol–water partition coefficient (Wildman–Crippen LogP) is 2.59. The second kappa shape index (κ2) is 9.28. The minimum atomic E-state index is -0.758. The summed E-state index contributed by atoms with van der Waals surface area (Å²) in [5, 5.41) is 17.0. The van der Waals surface area contributed by atoms with E-state index in [2.05, 4.69) is 15.0 Å². The Morgan fingerprint density at radius 1 is 1.48 bits per heavy atom. The number of hydrogen-bond acceptors (Lipinski definition) is 7. The molecule has 7 nitrogen and oxygen atoms in total. The SMILES string of the molecule is CCN(CC(=O)O)C1CCN(Cc2nc(-c3ccsc3)no2)CC1.Cl. The van der Waals surface area contributed by atoms with Gasteiger partial charge in [-0.2, -0.15) is 16.3 Å². The van der Waals surface area contributed by atoms with Crippen molar-refractivity contribution in [2.75, 3.05) is 26.2 Å². The van der Waals surface area contributed by atoms with E-state index in [4.69, 9.17) is 9.63 Å². The van der Waals surface area contributed by atoms with Gasteiger partial charge >= 0.3 is 5.97 Å². The van der Waals surface area contributed by atoms with Gasteiger partial charge in [0.1, 0.15) is 0 Å². The Kier molecular flexibility index (Phi) is 7.37. The number of aliphatic carboxylic acids is 1. The van der Waals surface area contributed by atoms with Crippen LogP contribution in [-0.4, -0.2) is 63.2 Å². The van der Waals surface area contributed by atoms with Crippen molar-refractivity contribution >= 4 is 29.7 Å². The van der Waals surface area contributed by atoms with Gasteiger partial charge in [0.05, 0.1) is 13.1 Å². The number of carboxylic acid groups (broad SMARTS) is 1. The molecule has 0 bridgehead atoms. The number of aromatic nitrogens is 2. The molecule has 25 heavy (non-hydrogen) atoms. The summed E-state index contributed by atoms with van der Waals surface area (Å²) in [6, 6.07) is 2.32. The van der Waals surface area contributed by atoms with E-state index >= 15 is 0 Å². The first-order chi connectivity index (χ1) is 11.7. The maximum absolute atomic E-state index is 10.9. The quantitative estimate of drug-likeness (QED) is 0.782. The molecule has 9 heteroatoms. The van der Waals surface area contributed by atoms with Crippen LogP contribution in [0.5, 0.6) is 0 Å². The van der Waals surface area contributed by atoms with E-state index in [0.717, 1.165) is 38.0 Å². The minimum Gasteiger partial charge on any atom is -0.480 e. The highest BCUT2D eigenvalue weighted by Crippen LogP contribution is 2.21. The van der Waals surface area contributed by atoms with Crippen molar-refractivity contribution in [3.8, 4) is 11.4 Å². The van der Waals surface area contributed by atoms with Crippen molar-refractivity contribution in [3.63, 3.8) is 0 Å².